The molecule has 0 aromatic heterocycles. The third kappa shape index (κ3) is 12.4. The quantitative estimate of drug-likeness (QED) is 0.242. The Morgan fingerprint density at radius 1 is 0.821 bits per heavy atom. The first kappa shape index (κ1) is 28.3. The van der Waals surface area contributed by atoms with E-state index < -0.39 is 11.2 Å². The lowest BCUT2D eigenvalue weighted by molar-refractivity contribution is -0.153. The van der Waals surface area contributed by atoms with Gasteiger partial charge in [0.15, 0.2) is 0 Å². The van der Waals surface area contributed by atoms with Crippen molar-refractivity contribution >= 4 is 18.2 Å². The van der Waals surface area contributed by atoms with E-state index in [1.165, 1.54) is 20.8 Å². The van der Waals surface area contributed by atoms with Crippen LogP contribution in [0.1, 0.15) is 73.1 Å². The minimum absolute atomic E-state index is 0.268. The zero-order valence-electron chi connectivity index (χ0n) is 18.3. The molecule has 0 aromatic carbocycles. The molecule has 162 valence electrons. The van der Waals surface area contributed by atoms with E-state index in [4.69, 9.17) is 19.0 Å². The summed E-state index contributed by atoms with van der Waals surface area (Å²) in [6.07, 6.45) is 8.69. The molecular weight excluding hydrogens is 360 g/mol. The van der Waals surface area contributed by atoms with Gasteiger partial charge in [0.2, 0.25) is 0 Å². The first-order valence-corrected chi connectivity index (χ1v) is 9.84. The molecule has 0 radical (unpaired) electrons. The first-order chi connectivity index (χ1) is 13.2. The molecule has 2 unspecified atom stereocenters. The van der Waals surface area contributed by atoms with Crippen molar-refractivity contribution in [1.82, 2.24) is 0 Å². The van der Waals surface area contributed by atoms with Gasteiger partial charge in [0.25, 0.3) is 0 Å². The van der Waals surface area contributed by atoms with Crippen molar-refractivity contribution in [3.8, 4) is 0 Å². The number of hydrogen-bond acceptors (Lipinski definition) is 6. The Morgan fingerprint density at radius 2 is 1.14 bits per heavy atom. The van der Waals surface area contributed by atoms with Crippen molar-refractivity contribution in [2.24, 2.45) is 0 Å². The molecule has 28 heavy (non-hydrogen) atoms. The molecule has 0 saturated heterocycles. The third-order valence-corrected chi connectivity index (χ3v) is 4.16. The average molecular weight is 399 g/mol. The van der Waals surface area contributed by atoms with Crippen molar-refractivity contribution in [2.45, 2.75) is 84.3 Å². The standard InChI is InChI=1S/C20H34O5.C2H4O/c1-7-11-19(9-3,13-15-23-17(5)21)25-20(10-4,12-8-2)14-16-24-18(6)22;1-2-3/h9-10H,3-4,7-8,11-16H2,1-2,5-6H3;2H,1H3. The maximum absolute atomic E-state index is 11.1. The van der Waals surface area contributed by atoms with Crippen molar-refractivity contribution in [3.63, 3.8) is 0 Å². The second-order valence-electron chi connectivity index (χ2n) is 6.56. The van der Waals surface area contributed by atoms with Crippen LogP contribution in [-0.4, -0.2) is 42.6 Å². The van der Waals surface area contributed by atoms with Crippen LogP contribution in [-0.2, 0) is 28.6 Å². The van der Waals surface area contributed by atoms with E-state index in [2.05, 4.69) is 27.0 Å². The Morgan fingerprint density at radius 3 is 1.36 bits per heavy atom. The fraction of sp³-hybridized carbons (Fsp3) is 0.682. The Hall–Kier alpha value is -1.95. The number of ether oxygens (including phenoxy) is 3. The van der Waals surface area contributed by atoms with Crippen LogP contribution in [0.5, 0.6) is 0 Å². The summed E-state index contributed by atoms with van der Waals surface area (Å²) < 4.78 is 16.8. The summed E-state index contributed by atoms with van der Waals surface area (Å²) >= 11 is 0. The van der Waals surface area contributed by atoms with E-state index in [1.807, 2.05) is 0 Å². The lowest BCUT2D eigenvalue weighted by Gasteiger charge is -2.41. The van der Waals surface area contributed by atoms with Gasteiger partial charge in [0.1, 0.15) is 6.29 Å². The van der Waals surface area contributed by atoms with E-state index in [1.54, 1.807) is 12.2 Å². The zero-order valence-corrected chi connectivity index (χ0v) is 18.3. The predicted octanol–water partition coefficient (Wildman–Crippen LogP) is 4.56. The molecule has 0 aromatic rings. The molecule has 0 aliphatic heterocycles. The van der Waals surface area contributed by atoms with Gasteiger partial charge in [-0.05, 0) is 19.8 Å². The van der Waals surface area contributed by atoms with Gasteiger partial charge < -0.3 is 19.0 Å². The molecule has 0 rings (SSSR count). The Bertz CT molecular complexity index is 447. The predicted molar refractivity (Wildman–Crippen MR) is 111 cm³/mol. The van der Waals surface area contributed by atoms with E-state index in [9.17, 15) is 9.59 Å². The maximum atomic E-state index is 11.1. The minimum Gasteiger partial charge on any atom is -0.466 e. The summed E-state index contributed by atoms with van der Waals surface area (Å²) in [5, 5.41) is 0. The lowest BCUT2D eigenvalue weighted by Crippen LogP contribution is -2.44. The molecule has 0 aliphatic rings. The topological polar surface area (TPSA) is 78.9 Å². The van der Waals surface area contributed by atoms with Crippen molar-refractivity contribution in [1.29, 1.82) is 0 Å². The van der Waals surface area contributed by atoms with Gasteiger partial charge in [-0.1, -0.05) is 38.8 Å². The Kier molecular flexibility index (Phi) is 16.2. The molecular formula is C22H38O6. The highest BCUT2D eigenvalue weighted by atomic mass is 16.6. The third-order valence-electron chi connectivity index (χ3n) is 4.16. The smallest absolute Gasteiger partial charge is 0.302 e. The summed E-state index contributed by atoms with van der Waals surface area (Å²) in [5.74, 6) is -0.624. The number of esters is 2. The summed E-state index contributed by atoms with van der Waals surface area (Å²) in [6, 6.07) is 0. The molecule has 0 heterocycles. The van der Waals surface area contributed by atoms with Crippen LogP contribution in [0.4, 0.5) is 0 Å². The normalized spacial score (nSPS) is 14.3. The van der Waals surface area contributed by atoms with Gasteiger partial charge in [-0.2, -0.15) is 0 Å². The minimum atomic E-state index is -0.621. The van der Waals surface area contributed by atoms with Crippen LogP contribution in [0.25, 0.3) is 0 Å². The highest BCUT2D eigenvalue weighted by molar-refractivity contribution is 5.66. The van der Waals surface area contributed by atoms with Crippen molar-refractivity contribution < 1.29 is 28.6 Å². The number of carbonyl (C=O) groups is 3. The second kappa shape index (κ2) is 16.0. The highest BCUT2D eigenvalue weighted by Crippen LogP contribution is 2.35. The molecule has 0 fully saturated rings. The van der Waals surface area contributed by atoms with Crippen LogP contribution >= 0.6 is 0 Å². The molecule has 0 aliphatic carbocycles. The SMILES string of the molecule is C=CC(CCC)(CCOC(C)=O)OC(C=C)(CCC)CCOC(C)=O.CC=O. The van der Waals surface area contributed by atoms with Crippen LogP contribution in [0.15, 0.2) is 25.3 Å². The fourth-order valence-electron chi connectivity index (χ4n) is 2.93. The zero-order chi connectivity index (χ0) is 22.1. The summed E-state index contributed by atoms with van der Waals surface area (Å²) in [4.78, 5) is 30.9. The molecule has 6 nitrogen and oxygen atoms in total. The number of aldehydes is 1. The molecule has 0 bridgehead atoms. The van der Waals surface area contributed by atoms with E-state index in [0.717, 1.165) is 32.0 Å². The summed E-state index contributed by atoms with van der Waals surface area (Å²) in [6.45, 7) is 16.8. The van der Waals surface area contributed by atoms with Gasteiger partial charge in [-0.3, -0.25) is 9.59 Å². The Balaban J connectivity index is 0. The van der Waals surface area contributed by atoms with E-state index in [0.29, 0.717) is 12.8 Å². The van der Waals surface area contributed by atoms with Gasteiger partial charge in [0, 0.05) is 26.7 Å². The van der Waals surface area contributed by atoms with Gasteiger partial charge >= 0.3 is 11.9 Å². The van der Waals surface area contributed by atoms with Gasteiger partial charge in [-0.25, -0.2) is 0 Å². The molecule has 0 amide bonds. The van der Waals surface area contributed by atoms with E-state index >= 15 is 0 Å². The van der Waals surface area contributed by atoms with Crippen LogP contribution < -0.4 is 0 Å². The first-order valence-electron chi connectivity index (χ1n) is 9.84. The summed E-state index contributed by atoms with van der Waals surface area (Å²) in [7, 11) is 0. The fourth-order valence-corrected chi connectivity index (χ4v) is 2.93. The van der Waals surface area contributed by atoms with Crippen molar-refractivity contribution in [2.75, 3.05) is 13.2 Å². The molecule has 2 atom stereocenters. The molecule has 0 N–H and O–H groups in total. The summed E-state index contributed by atoms with van der Waals surface area (Å²) in [5.41, 5.74) is -1.24. The maximum Gasteiger partial charge on any atom is 0.302 e. The van der Waals surface area contributed by atoms with Gasteiger partial charge in [0.05, 0.1) is 24.4 Å². The number of rotatable bonds is 14. The molecule has 6 heteroatoms. The van der Waals surface area contributed by atoms with Crippen LogP contribution in [0.3, 0.4) is 0 Å². The second-order valence-corrected chi connectivity index (χ2v) is 6.56. The molecule has 0 saturated carbocycles. The van der Waals surface area contributed by atoms with Crippen LogP contribution in [0, 0.1) is 0 Å². The average Bonchev–Trinajstić information content (AvgIpc) is 2.62. The number of hydrogen-bond donors (Lipinski definition) is 0. The molecule has 0 spiro atoms. The van der Waals surface area contributed by atoms with Crippen LogP contribution in [0.2, 0.25) is 0 Å². The Labute approximate surface area is 170 Å². The largest absolute Gasteiger partial charge is 0.466 e. The number of carbonyl (C=O) groups excluding carboxylic acids is 3. The highest BCUT2D eigenvalue weighted by Gasteiger charge is 2.37. The monoisotopic (exact) mass is 398 g/mol. The lowest BCUT2D eigenvalue weighted by atomic mass is 9.88. The van der Waals surface area contributed by atoms with Gasteiger partial charge in [-0.15, -0.1) is 13.2 Å². The van der Waals surface area contributed by atoms with E-state index in [-0.39, 0.29) is 25.2 Å². The van der Waals surface area contributed by atoms with Crippen molar-refractivity contribution in [3.05, 3.63) is 25.3 Å².